The van der Waals surface area contributed by atoms with Gasteiger partial charge in [0, 0.05) is 6.26 Å². The summed E-state index contributed by atoms with van der Waals surface area (Å²) < 4.78 is 46.5. The van der Waals surface area contributed by atoms with E-state index >= 15 is 0 Å². The van der Waals surface area contributed by atoms with Crippen molar-refractivity contribution in [2.45, 2.75) is 11.8 Å². The molecule has 1 heterocycles. The quantitative estimate of drug-likeness (QED) is 0.810. The molecule has 0 N–H and O–H groups in total. The third-order valence-corrected chi connectivity index (χ3v) is 5.44. The molecule has 0 aromatic heterocycles. The van der Waals surface area contributed by atoms with E-state index in [2.05, 4.69) is 0 Å². The lowest BCUT2D eigenvalue weighted by Gasteiger charge is -2.02. The summed E-state index contributed by atoms with van der Waals surface area (Å²) in [5.74, 6) is -0.441. The van der Waals surface area contributed by atoms with Gasteiger partial charge in [0.1, 0.15) is 0 Å². The number of aryl methyl sites for hydroxylation is 1. The highest BCUT2D eigenvalue weighted by atomic mass is 32.2. The minimum atomic E-state index is -3.61. The third-order valence-electron chi connectivity index (χ3n) is 2.52. The van der Waals surface area contributed by atoms with Gasteiger partial charge in [0.05, 0.1) is 15.6 Å². The highest BCUT2D eigenvalue weighted by Gasteiger charge is 2.31. The Balaban J connectivity index is 2.58. The van der Waals surface area contributed by atoms with Crippen molar-refractivity contribution in [3.63, 3.8) is 0 Å². The monoisotopic (exact) mass is 272 g/mol. The molecule has 0 atom stereocenters. The summed E-state index contributed by atoms with van der Waals surface area (Å²) in [4.78, 5) is 0.155. The molecule has 0 saturated carbocycles. The smallest absolute Gasteiger partial charge is 0.204 e. The van der Waals surface area contributed by atoms with Gasteiger partial charge in [0.15, 0.2) is 9.84 Å². The number of fused-ring (bicyclic) bond motifs is 1. The third kappa shape index (κ3) is 2.28. The first-order valence-corrected chi connectivity index (χ1v) is 8.48. The zero-order valence-corrected chi connectivity index (χ0v) is 11.1. The average molecular weight is 272 g/mol. The Morgan fingerprint density at radius 3 is 2.47 bits per heavy atom. The van der Waals surface area contributed by atoms with Crippen LogP contribution in [0, 0.1) is 6.92 Å². The summed E-state index contributed by atoms with van der Waals surface area (Å²) in [7, 11) is -6.97. The molecule has 6 heteroatoms. The van der Waals surface area contributed by atoms with Crippen molar-refractivity contribution < 1.29 is 16.8 Å². The molecule has 0 spiro atoms. The van der Waals surface area contributed by atoms with Crippen molar-refractivity contribution >= 4 is 25.8 Å². The lowest BCUT2D eigenvalue weighted by atomic mass is 10.1. The predicted molar refractivity (Wildman–Crippen MR) is 66.1 cm³/mol. The zero-order chi connectivity index (χ0) is 12.8. The van der Waals surface area contributed by atoms with Crippen LogP contribution in [-0.2, 0) is 19.7 Å². The molecule has 17 heavy (non-hydrogen) atoms. The van der Waals surface area contributed by atoms with Crippen molar-refractivity contribution in [2.75, 3.05) is 12.0 Å². The fourth-order valence-electron chi connectivity index (χ4n) is 1.80. The summed E-state index contributed by atoms with van der Waals surface area (Å²) in [5, 5.41) is 0. The van der Waals surface area contributed by atoms with E-state index in [1.54, 1.807) is 12.1 Å². The van der Waals surface area contributed by atoms with E-state index in [1.807, 2.05) is 6.92 Å². The fourth-order valence-corrected chi connectivity index (χ4v) is 4.90. The van der Waals surface area contributed by atoms with Gasteiger partial charge >= 0.3 is 0 Å². The van der Waals surface area contributed by atoms with Crippen molar-refractivity contribution in [2.24, 2.45) is 0 Å². The molecule has 0 amide bonds. The Labute approximate surface area is 101 Å². The van der Waals surface area contributed by atoms with Crippen molar-refractivity contribution in [1.29, 1.82) is 0 Å². The first kappa shape index (κ1) is 12.3. The van der Waals surface area contributed by atoms with E-state index < -0.39 is 25.4 Å². The number of hydrogen-bond acceptors (Lipinski definition) is 4. The van der Waals surface area contributed by atoms with Crippen LogP contribution in [0.25, 0.3) is 6.08 Å². The molecular formula is C11H12O4S2. The molecule has 0 fully saturated rings. The van der Waals surface area contributed by atoms with Gasteiger partial charge in [0.25, 0.3) is 0 Å². The maximum Gasteiger partial charge on any atom is 0.204 e. The number of rotatable bonds is 2. The van der Waals surface area contributed by atoms with Gasteiger partial charge in [-0.3, -0.25) is 0 Å². The lowest BCUT2D eigenvalue weighted by Crippen LogP contribution is -2.11. The molecule has 2 rings (SSSR count). The van der Waals surface area contributed by atoms with Crippen molar-refractivity contribution in [3.8, 4) is 0 Å². The summed E-state index contributed by atoms with van der Waals surface area (Å²) in [5.41, 5.74) is 1.51. The van der Waals surface area contributed by atoms with Gasteiger partial charge in [-0.2, -0.15) is 0 Å². The molecule has 1 aromatic rings. The Hall–Kier alpha value is -1.14. The second-order valence-corrected chi connectivity index (χ2v) is 8.34. The molecule has 1 aliphatic heterocycles. The van der Waals surface area contributed by atoms with Crippen LogP contribution in [0.5, 0.6) is 0 Å². The molecule has 4 nitrogen and oxygen atoms in total. The fraction of sp³-hybridized carbons (Fsp3) is 0.273. The molecule has 1 aromatic carbocycles. The van der Waals surface area contributed by atoms with E-state index in [-0.39, 0.29) is 9.80 Å². The van der Waals surface area contributed by atoms with Gasteiger partial charge in [-0.15, -0.1) is 0 Å². The SMILES string of the molecule is Cc1ccc2c(c1)C=C(CS(C)(=O)=O)S2(=O)=O. The molecule has 1 aliphatic rings. The van der Waals surface area contributed by atoms with E-state index in [9.17, 15) is 16.8 Å². The van der Waals surface area contributed by atoms with Gasteiger partial charge in [-0.05, 0) is 24.6 Å². The highest BCUT2D eigenvalue weighted by molar-refractivity contribution is 7.98. The zero-order valence-electron chi connectivity index (χ0n) is 9.47. The van der Waals surface area contributed by atoms with Crippen LogP contribution in [0.3, 0.4) is 0 Å². The Kier molecular flexibility index (Phi) is 2.67. The van der Waals surface area contributed by atoms with Crippen LogP contribution in [0.2, 0.25) is 0 Å². The van der Waals surface area contributed by atoms with Crippen LogP contribution < -0.4 is 0 Å². The molecular weight excluding hydrogens is 260 g/mol. The van der Waals surface area contributed by atoms with Gasteiger partial charge in [-0.25, -0.2) is 16.8 Å². The first-order chi connectivity index (χ1) is 7.70. The highest BCUT2D eigenvalue weighted by Crippen LogP contribution is 2.33. The summed E-state index contributed by atoms with van der Waals surface area (Å²) in [6.07, 6.45) is 2.47. The van der Waals surface area contributed by atoms with Crippen LogP contribution in [-0.4, -0.2) is 28.8 Å². The van der Waals surface area contributed by atoms with Crippen LogP contribution in [0.1, 0.15) is 11.1 Å². The first-order valence-electron chi connectivity index (χ1n) is 4.94. The van der Waals surface area contributed by atoms with E-state index in [0.717, 1.165) is 11.8 Å². The number of benzene rings is 1. The molecule has 0 aliphatic carbocycles. The lowest BCUT2D eigenvalue weighted by molar-refractivity contribution is 0.596. The minimum absolute atomic E-state index is 0.0411. The van der Waals surface area contributed by atoms with E-state index in [1.165, 1.54) is 12.1 Å². The summed E-state index contributed by atoms with van der Waals surface area (Å²) >= 11 is 0. The molecule has 0 bridgehead atoms. The van der Waals surface area contributed by atoms with Gasteiger partial charge in [-0.1, -0.05) is 17.7 Å². The van der Waals surface area contributed by atoms with Crippen molar-refractivity contribution in [3.05, 3.63) is 34.2 Å². The second kappa shape index (κ2) is 3.68. The van der Waals surface area contributed by atoms with Crippen LogP contribution >= 0.6 is 0 Å². The Morgan fingerprint density at radius 1 is 1.24 bits per heavy atom. The molecule has 92 valence electrons. The summed E-state index contributed by atoms with van der Waals surface area (Å²) in [6, 6.07) is 4.96. The van der Waals surface area contributed by atoms with Crippen LogP contribution in [0.15, 0.2) is 28.0 Å². The standard InChI is InChI=1S/C11H12O4S2/c1-8-3-4-11-9(5-8)6-10(17(11,14)15)7-16(2,12)13/h3-6H,7H2,1-2H3. The minimum Gasteiger partial charge on any atom is -0.229 e. The van der Waals surface area contributed by atoms with Crippen LogP contribution in [0.4, 0.5) is 0 Å². The second-order valence-electron chi connectivity index (χ2n) is 4.23. The normalized spacial score (nSPS) is 17.6. The number of sulfone groups is 2. The van der Waals surface area contributed by atoms with Gasteiger partial charge in [0.2, 0.25) is 9.84 Å². The molecule has 0 saturated heterocycles. The maximum atomic E-state index is 12.0. The molecule has 0 radical (unpaired) electrons. The largest absolute Gasteiger partial charge is 0.229 e. The average Bonchev–Trinajstić information content (AvgIpc) is 2.35. The Morgan fingerprint density at radius 2 is 1.88 bits per heavy atom. The topological polar surface area (TPSA) is 68.3 Å². The Bertz CT molecular complexity index is 710. The predicted octanol–water partition coefficient (Wildman–Crippen LogP) is 1.17. The van der Waals surface area contributed by atoms with Gasteiger partial charge < -0.3 is 0 Å². The van der Waals surface area contributed by atoms with Crippen molar-refractivity contribution in [1.82, 2.24) is 0 Å². The summed E-state index contributed by atoms with van der Waals surface area (Å²) in [6.45, 7) is 1.86. The number of hydrogen-bond donors (Lipinski definition) is 0. The maximum absolute atomic E-state index is 12.0. The van der Waals surface area contributed by atoms with E-state index in [0.29, 0.717) is 5.56 Å². The van der Waals surface area contributed by atoms with E-state index in [4.69, 9.17) is 0 Å². The molecule has 0 unspecified atom stereocenters.